The van der Waals surface area contributed by atoms with E-state index < -0.39 is 5.82 Å². The van der Waals surface area contributed by atoms with Gasteiger partial charge in [-0.3, -0.25) is 9.59 Å². The molecule has 7 heteroatoms. The van der Waals surface area contributed by atoms with Crippen molar-refractivity contribution in [2.75, 3.05) is 30.3 Å². The number of carbonyl (C=O) groups is 2. The summed E-state index contributed by atoms with van der Waals surface area (Å²) in [5.74, 6) is -0.801. The smallest absolute Gasteiger partial charge is 0.253 e. The number of nitrogens with zero attached hydrogens (tertiary/aromatic N) is 1. The monoisotopic (exact) mass is 389 g/mol. The number of hydrogen-bond acceptors (Lipinski definition) is 3. The van der Waals surface area contributed by atoms with Crippen LogP contribution in [0.3, 0.4) is 0 Å². The number of hydrogen-bond donors (Lipinski definition) is 2. The van der Waals surface area contributed by atoms with Crippen LogP contribution in [0.15, 0.2) is 42.5 Å². The molecule has 0 radical (unpaired) electrons. The lowest BCUT2D eigenvalue weighted by Gasteiger charge is -2.26. The Hall–Kier alpha value is -2.60. The van der Waals surface area contributed by atoms with E-state index in [0.29, 0.717) is 16.9 Å². The van der Waals surface area contributed by atoms with Gasteiger partial charge in [0.2, 0.25) is 5.91 Å². The predicted molar refractivity (Wildman–Crippen MR) is 105 cm³/mol. The quantitative estimate of drug-likeness (QED) is 0.807. The zero-order valence-electron chi connectivity index (χ0n) is 14.8. The summed E-state index contributed by atoms with van der Waals surface area (Å²) in [6.07, 6.45) is 3.22. The molecule has 1 saturated heterocycles. The second kappa shape index (κ2) is 8.86. The third-order valence-corrected chi connectivity index (χ3v) is 4.70. The van der Waals surface area contributed by atoms with E-state index >= 15 is 0 Å². The summed E-state index contributed by atoms with van der Waals surface area (Å²) in [5, 5.41) is 5.63. The van der Waals surface area contributed by atoms with Gasteiger partial charge < -0.3 is 15.5 Å². The summed E-state index contributed by atoms with van der Waals surface area (Å²) in [6, 6.07) is 11.1. The molecular weight excluding hydrogens is 369 g/mol. The molecule has 0 spiro atoms. The van der Waals surface area contributed by atoms with Gasteiger partial charge in [-0.2, -0.15) is 0 Å². The van der Waals surface area contributed by atoms with E-state index in [2.05, 4.69) is 10.6 Å². The van der Waals surface area contributed by atoms with Crippen LogP contribution >= 0.6 is 11.6 Å². The third-order valence-electron chi connectivity index (χ3n) is 4.41. The van der Waals surface area contributed by atoms with Gasteiger partial charge in [-0.15, -0.1) is 0 Å². The summed E-state index contributed by atoms with van der Waals surface area (Å²) < 4.78 is 13.2. The summed E-state index contributed by atoms with van der Waals surface area (Å²) in [4.78, 5) is 26.6. The van der Waals surface area contributed by atoms with Crippen molar-refractivity contribution in [1.29, 1.82) is 0 Å². The van der Waals surface area contributed by atoms with Crippen LogP contribution in [-0.4, -0.2) is 36.3 Å². The lowest BCUT2D eigenvalue weighted by molar-refractivity contribution is -0.114. The average Bonchev–Trinajstić information content (AvgIpc) is 2.69. The van der Waals surface area contributed by atoms with E-state index in [4.69, 9.17) is 11.6 Å². The molecule has 1 aliphatic rings. The Labute approximate surface area is 162 Å². The van der Waals surface area contributed by atoms with Crippen molar-refractivity contribution in [2.45, 2.75) is 19.3 Å². The minimum absolute atomic E-state index is 0.00768. The van der Waals surface area contributed by atoms with Crippen molar-refractivity contribution in [3.05, 3.63) is 58.9 Å². The first-order valence-electron chi connectivity index (χ1n) is 8.91. The van der Waals surface area contributed by atoms with Gasteiger partial charge >= 0.3 is 0 Å². The second-order valence-electron chi connectivity index (χ2n) is 6.46. The maximum atomic E-state index is 13.2. The summed E-state index contributed by atoms with van der Waals surface area (Å²) in [7, 11) is 0. The van der Waals surface area contributed by atoms with Crippen LogP contribution in [0, 0.1) is 5.82 Å². The van der Waals surface area contributed by atoms with Crippen molar-refractivity contribution in [2.24, 2.45) is 0 Å². The molecule has 2 aromatic carbocycles. The van der Waals surface area contributed by atoms with Gasteiger partial charge in [-0.25, -0.2) is 4.39 Å². The summed E-state index contributed by atoms with van der Waals surface area (Å²) in [5.41, 5.74) is 1.67. The summed E-state index contributed by atoms with van der Waals surface area (Å²) >= 11 is 5.72. The van der Waals surface area contributed by atoms with Crippen LogP contribution in [0.2, 0.25) is 5.02 Å². The van der Waals surface area contributed by atoms with Gasteiger partial charge in [0.15, 0.2) is 0 Å². The number of benzene rings is 2. The van der Waals surface area contributed by atoms with Crippen molar-refractivity contribution < 1.29 is 14.0 Å². The SMILES string of the molecule is O=C(CNc1ccc(F)c(Cl)c1)Nc1cccc(C(=O)N2CCCCC2)c1. The van der Waals surface area contributed by atoms with Crippen LogP contribution in [0.5, 0.6) is 0 Å². The van der Waals surface area contributed by atoms with E-state index in [1.165, 1.54) is 18.2 Å². The number of rotatable bonds is 5. The van der Waals surface area contributed by atoms with E-state index in [9.17, 15) is 14.0 Å². The molecule has 0 saturated carbocycles. The number of halogens is 2. The van der Waals surface area contributed by atoms with Crippen LogP contribution in [0.25, 0.3) is 0 Å². The van der Waals surface area contributed by atoms with Crippen molar-refractivity contribution in [3.8, 4) is 0 Å². The number of likely N-dealkylation sites (tertiary alicyclic amines) is 1. The van der Waals surface area contributed by atoms with E-state index in [1.54, 1.807) is 24.3 Å². The van der Waals surface area contributed by atoms with Crippen LogP contribution in [0.1, 0.15) is 29.6 Å². The molecule has 0 unspecified atom stereocenters. The van der Waals surface area contributed by atoms with E-state index in [1.807, 2.05) is 4.90 Å². The molecule has 0 atom stereocenters. The number of amides is 2. The largest absolute Gasteiger partial charge is 0.376 e. The Morgan fingerprint density at radius 1 is 1.04 bits per heavy atom. The first-order chi connectivity index (χ1) is 13.0. The van der Waals surface area contributed by atoms with Gasteiger partial charge in [0, 0.05) is 30.0 Å². The highest BCUT2D eigenvalue weighted by molar-refractivity contribution is 6.31. The minimum atomic E-state index is -0.512. The molecule has 0 aromatic heterocycles. The molecule has 5 nitrogen and oxygen atoms in total. The maximum Gasteiger partial charge on any atom is 0.253 e. The normalized spacial score (nSPS) is 13.9. The van der Waals surface area contributed by atoms with E-state index in [0.717, 1.165) is 32.4 Å². The number of carbonyl (C=O) groups excluding carboxylic acids is 2. The van der Waals surface area contributed by atoms with Crippen LogP contribution in [-0.2, 0) is 4.79 Å². The van der Waals surface area contributed by atoms with Gasteiger partial charge in [-0.05, 0) is 55.7 Å². The molecule has 0 bridgehead atoms. The van der Waals surface area contributed by atoms with Crippen LogP contribution < -0.4 is 10.6 Å². The maximum absolute atomic E-state index is 13.2. The highest BCUT2D eigenvalue weighted by Gasteiger charge is 2.18. The molecule has 1 fully saturated rings. The van der Waals surface area contributed by atoms with Gasteiger partial charge in [-0.1, -0.05) is 17.7 Å². The first-order valence-corrected chi connectivity index (χ1v) is 9.29. The van der Waals surface area contributed by atoms with Crippen molar-refractivity contribution in [1.82, 2.24) is 4.90 Å². The molecule has 2 amide bonds. The minimum Gasteiger partial charge on any atom is -0.376 e. The predicted octanol–water partition coefficient (Wildman–Crippen LogP) is 4.16. The standard InChI is InChI=1S/C20H21ClFN3O2/c21-17-12-15(7-8-18(17)22)23-13-19(26)24-16-6-4-5-14(11-16)20(27)25-9-2-1-3-10-25/h4-8,11-12,23H,1-3,9-10,13H2,(H,24,26). The Balaban J connectivity index is 1.57. The van der Waals surface area contributed by atoms with Gasteiger partial charge in [0.1, 0.15) is 5.82 Å². The fraction of sp³-hybridized carbons (Fsp3) is 0.300. The average molecular weight is 390 g/mol. The molecular formula is C20H21ClFN3O2. The van der Waals surface area contributed by atoms with Gasteiger partial charge in [0.05, 0.1) is 11.6 Å². The molecule has 3 rings (SSSR count). The molecule has 1 aliphatic heterocycles. The number of anilines is 2. The molecule has 142 valence electrons. The third kappa shape index (κ3) is 5.20. The fourth-order valence-electron chi connectivity index (χ4n) is 3.00. The number of piperidine rings is 1. The van der Waals surface area contributed by atoms with Gasteiger partial charge in [0.25, 0.3) is 5.91 Å². The summed E-state index contributed by atoms with van der Waals surface area (Å²) in [6.45, 7) is 1.55. The Morgan fingerprint density at radius 3 is 2.56 bits per heavy atom. The zero-order chi connectivity index (χ0) is 19.2. The zero-order valence-corrected chi connectivity index (χ0v) is 15.6. The first kappa shape index (κ1) is 19.2. The molecule has 0 aliphatic carbocycles. The van der Waals surface area contributed by atoms with E-state index in [-0.39, 0.29) is 23.4 Å². The highest BCUT2D eigenvalue weighted by Crippen LogP contribution is 2.19. The number of nitrogens with one attached hydrogen (secondary N) is 2. The van der Waals surface area contributed by atoms with Crippen molar-refractivity contribution in [3.63, 3.8) is 0 Å². The lowest BCUT2D eigenvalue weighted by atomic mass is 10.1. The Morgan fingerprint density at radius 2 is 1.81 bits per heavy atom. The second-order valence-corrected chi connectivity index (χ2v) is 6.87. The molecule has 1 heterocycles. The Kier molecular flexibility index (Phi) is 6.29. The van der Waals surface area contributed by atoms with Crippen molar-refractivity contribution >= 4 is 34.8 Å². The fourth-order valence-corrected chi connectivity index (χ4v) is 3.18. The topological polar surface area (TPSA) is 61.4 Å². The van der Waals surface area contributed by atoms with Crippen LogP contribution in [0.4, 0.5) is 15.8 Å². The lowest BCUT2D eigenvalue weighted by Crippen LogP contribution is -2.35. The highest BCUT2D eigenvalue weighted by atomic mass is 35.5. The molecule has 2 N–H and O–H groups in total. The molecule has 2 aromatic rings. The molecule has 27 heavy (non-hydrogen) atoms. The Bertz CT molecular complexity index is 838.